The number of aliphatic hydroxyl groups excluding tert-OH is 3. The van der Waals surface area contributed by atoms with E-state index in [2.05, 4.69) is 5.10 Å². The molecule has 0 amide bonds. The summed E-state index contributed by atoms with van der Waals surface area (Å²) in [6.45, 7) is 0.604. The standard InChI is InChI=1S/C8H16N4O3/c1-8(4-14,6(15)3-13)12-7(10)5(9)2-11-12/h2,6,13-15H,3-4,9-10H2,1H3. The van der Waals surface area contributed by atoms with Gasteiger partial charge >= 0.3 is 0 Å². The van der Waals surface area contributed by atoms with Crippen molar-refractivity contribution in [3.8, 4) is 0 Å². The van der Waals surface area contributed by atoms with Crippen LogP contribution in [-0.2, 0) is 5.54 Å². The van der Waals surface area contributed by atoms with E-state index in [4.69, 9.17) is 16.6 Å². The van der Waals surface area contributed by atoms with Gasteiger partial charge in [-0.25, -0.2) is 4.68 Å². The highest BCUT2D eigenvalue weighted by molar-refractivity contribution is 5.57. The molecule has 0 bridgehead atoms. The third-order valence-electron chi connectivity index (χ3n) is 2.53. The van der Waals surface area contributed by atoms with Crippen LogP contribution in [0.1, 0.15) is 6.92 Å². The summed E-state index contributed by atoms with van der Waals surface area (Å²) in [6.07, 6.45) is 0.150. The molecule has 86 valence electrons. The maximum absolute atomic E-state index is 9.60. The molecule has 1 rings (SSSR count). The predicted octanol–water partition coefficient (Wildman–Crippen LogP) is -1.89. The summed E-state index contributed by atoms with van der Waals surface area (Å²) in [5.41, 5.74) is 10.2. The first-order valence-electron chi connectivity index (χ1n) is 4.46. The monoisotopic (exact) mass is 216 g/mol. The molecule has 0 aliphatic heterocycles. The van der Waals surface area contributed by atoms with Crippen LogP contribution < -0.4 is 11.5 Å². The van der Waals surface area contributed by atoms with Crippen LogP contribution in [0.15, 0.2) is 6.20 Å². The van der Waals surface area contributed by atoms with E-state index in [9.17, 15) is 10.2 Å². The molecule has 1 aromatic rings. The highest BCUT2D eigenvalue weighted by Gasteiger charge is 2.36. The van der Waals surface area contributed by atoms with E-state index in [1.54, 1.807) is 0 Å². The average Bonchev–Trinajstić information content (AvgIpc) is 2.58. The zero-order valence-corrected chi connectivity index (χ0v) is 8.46. The molecule has 0 fully saturated rings. The van der Waals surface area contributed by atoms with Gasteiger partial charge in [0, 0.05) is 0 Å². The van der Waals surface area contributed by atoms with Crippen LogP contribution in [0.25, 0.3) is 0 Å². The number of nitrogens with two attached hydrogens (primary N) is 2. The SMILES string of the molecule is CC(CO)(C(O)CO)n1ncc(N)c1N. The van der Waals surface area contributed by atoms with Crippen LogP contribution in [0, 0.1) is 0 Å². The average molecular weight is 216 g/mol. The van der Waals surface area contributed by atoms with Gasteiger partial charge in [-0.15, -0.1) is 0 Å². The fourth-order valence-electron chi connectivity index (χ4n) is 1.29. The van der Waals surface area contributed by atoms with Crippen LogP contribution >= 0.6 is 0 Å². The van der Waals surface area contributed by atoms with Gasteiger partial charge in [-0.2, -0.15) is 5.10 Å². The summed E-state index contributed by atoms with van der Waals surface area (Å²) in [6, 6.07) is 0. The van der Waals surface area contributed by atoms with Gasteiger partial charge in [0.05, 0.1) is 25.1 Å². The summed E-state index contributed by atoms with van der Waals surface area (Å²) in [4.78, 5) is 0. The van der Waals surface area contributed by atoms with Gasteiger partial charge < -0.3 is 26.8 Å². The van der Waals surface area contributed by atoms with Gasteiger partial charge in [0.15, 0.2) is 0 Å². The highest BCUT2D eigenvalue weighted by atomic mass is 16.3. The summed E-state index contributed by atoms with van der Waals surface area (Å²) in [7, 11) is 0. The number of nitrogen functional groups attached to an aromatic ring is 2. The Morgan fingerprint density at radius 3 is 2.47 bits per heavy atom. The number of anilines is 2. The van der Waals surface area contributed by atoms with Crippen LogP contribution in [0.4, 0.5) is 11.5 Å². The Kier molecular flexibility index (Phi) is 3.18. The van der Waals surface area contributed by atoms with E-state index in [0.29, 0.717) is 0 Å². The fraction of sp³-hybridized carbons (Fsp3) is 0.625. The zero-order valence-electron chi connectivity index (χ0n) is 8.46. The Morgan fingerprint density at radius 2 is 2.13 bits per heavy atom. The molecule has 1 heterocycles. The van der Waals surface area contributed by atoms with Crippen molar-refractivity contribution in [2.45, 2.75) is 18.6 Å². The molecule has 7 heteroatoms. The van der Waals surface area contributed by atoms with Crippen LogP contribution in [0.2, 0.25) is 0 Å². The van der Waals surface area contributed by atoms with Crippen molar-refractivity contribution in [3.63, 3.8) is 0 Å². The Hall–Kier alpha value is -1.31. The molecule has 0 aliphatic carbocycles. The second-order valence-electron chi connectivity index (χ2n) is 3.61. The van der Waals surface area contributed by atoms with E-state index in [0.717, 1.165) is 0 Å². The summed E-state index contributed by atoms with van der Waals surface area (Å²) in [5.74, 6) is 0.152. The second-order valence-corrected chi connectivity index (χ2v) is 3.61. The fourth-order valence-corrected chi connectivity index (χ4v) is 1.29. The Morgan fingerprint density at radius 1 is 1.53 bits per heavy atom. The van der Waals surface area contributed by atoms with Gasteiger partial charge in [-0.05, 0) is 6.92 Å². The van der Waals surface area contributed by atoms with Gasteiger partial charge in [0.25, 0.3) is 0 Å². The minimum atomic E-state index is -1.18. The normalized spacial score (nSPS) is 17.3. The van der Waals surface area contributed by atoms with E-state index < -0.39 is 24.9 Å². The van der Waals surface area contributed by atoms with E-state index >= 15 is 0 Å². The molecule has 2 atom stereocenters. The first kappa shape index (κ1) is 11.8. The van der Waals surface area contributed by atoms with Gasteiger partial charge in [-0.3, -0.25) is 0 Å². The summed E-state index contributed by atoms with van der Waals surface area (Å²) < 4.78 is 1.21. The van der Waals surface area contributed by atoms with Crippen molar-refractivity contribution in [1.82, 2.24) is 9.78 Å². The highest BCUT2D eigenvalue weighted by Crippen LogP contribution is 2.26. The quantitative estimate of drug-likeness (QED) is 0.400. The van der Waals surface area contributed by atoms with Crippen molar-refractivity contribution in [2.75, 3.05) is 24.7 Å². The lowest BCUT2D eigenvalue weighted by molar-refractivity contribution is -0.0326. The number of aliphatic hydroxyl groups is 3. The largest absolute Gasteiger partial charge is 0.394 e. The van der Waals surface area contributed by atoms with Crippen LogP contribution in [0.5, 0.6) is 0 Å². The lowest BCUT2D eigenvalue weighted by Crippen LogP contribution is -2.48. The maximum Gasteiger partial charge on any atom is 0.145 e. The third kappa shape index (κ3) is 1.76. The Balaban J connectivity index is 3.16. The summed E-state index contributed by atoms with van der Waals surface area (Å²) in [5, 5.41) is 31.6. The van der Waals surface area contributed by atoms with Gasteiger partial charge in [0.1, 0.15) is 17.5 Å². The maximum atomic E-state index is 9.60. The second kappa shape index (κ2) is 4.05. The Labute approximate surface area is 86.9 Å². The van der Waals surface area contributed by atoms with Gasteiger partial charge in [-0.1, -0.05) is 0 Å². The minimum Gasteiger partial charge on any atom is -0.394 e. The number of hydrogen-bond acceptors (Lipinski definition) is 6. The van der Waals surface area contributed by atoms with Crippen LogP contribution in [-0.4, -0.2) is 44.4 Å². The number of aromatic nitrogens is 2. The molecule has 7 nitrogen and oxygen atoms in total. The van der Waals surface area contributed by atoms with E-state index in [1.807, 2.05) is 0 Å². The number of nitrogens with zero attached hydrogens (tertiary/aromatic N) is 2. The zero-order chi connectivity index (χ0) is 11.6. The lowest BCUT2D eigenvalue weighted by atomic mass is 9.96. The molecule has 0 saturated carbocycles. The van der Waals surface area contributed by atoms with Crippen molar-refractivity contribution in [3.05, 3.63) is 6.20 Å². The minimum absolute atomic E-state index is 0.152. The third-order valence-corrected chi connectivity index (χ3v) is 2.53. The van der Waals surface area contributed by atoms with Crippen molar-refractivity contribution in [1.29, 1.82) is 0 Å². The van der Waals surface area contributed by atoms with E-state index in [1.165, 1.54) is 17.8 Å². The molecule has 0 saturated heterocycles. The topological polar surface area (TPSA) is 131 Å². The van der Waals surface area contributed by atoms with Crippen molar-refractivity contribution in [2.24, 2.45) is 0 Å². The van der Waals surface area contributed by atoms with Crippen LogP contribution in [0.3, 0.4) is 0 Å². The number of hydrogen-bond donors (Lipinski definition) is 5. The molecule has 0 aromatic carbocycles. The number of rotatable bonds is 4. The molecule has 2 unspecified atom stereocenters. The first-order valence-corrected chi connectivity index (χ1v) is 4.46. The molecule has 0 radical (unpaired) electrons. The Bertz CT molecular complexity index is 341. The van der Waals surface area contributed by atoms with Crippen molar-refractivity contribution >= 4 is 11.5 Å². The lowest BCUT2D eigenvalue weighted by Gasteiger charge is -2.32. The first-order chi connectivity index (χ1) is 6.97. The molecule has 1 aromatic heterocycles. The molecule has 7 N–H and O–H groups in total. The predicted molar refractivity (Wildman–Crippen MR) is 54.9 cm³/mol. The molecule has 15 heavy (non-hydrogen) atoms. The molecular weight excluding hydrogens is 200 g/mol. The van der Waals surface area contributed by atoms with Gasteiger partial charge in [0.2, 0.25) is 0 Å². The molecule has 0 spiro atoms. The smallest absolute Gasteiger partial charge is 0.145 e. The molecule has 0 aliphatic rings. The molecular formula is C8H16N4O3. The van der Waals surface area contributed by atoms with Crippen molar-refractivity contribution < 1.29 is 15.3 Å². The van der Waals surface area contributed by atoms with E-state index in [-0.39, 0.29) is 11.5 Å². The summed E-state index contributed by atoms with van der Waals surface area (Å²) >= 11 is 0.